The third kappa shape index (κ3) is 4.27. The lowest BCUT2D eigenvalue weighted by Crippen LogP contribution is -2.65. The molecule has 1 fully saturated rings. The second-order valence-electron chi connectivity index (χ2n) is 4.97. The zero-order valence-corrected chi connectivity index (χ0v) is 12.7. The van der Waals surface area contributed by atoms with Gasteiger partial charge in [-0.05, 0) is 18.4 Å². The van der Waals surface area contributed by atoms with Gasteiger partial charge in [0.05, 0.1) is 18.4 Å². The van der Waals surface area contributed by atoms with Gasteiger partial charge in [-0.2, -0.15) is 11.8 Å². The van der Waals surface area contributed by atoms with Crippen molar-refractivity contribution in [3.8, 4) is 0 Å². The second kappa shape index (κ2) is 8.04. The molecule has 0 spiro atoms. The van der Waals surface area contributed by atoms with Crippen molar-refractivity contribution < 1.29 is 35.1 Å². The average molecular weight is 340 g/mol. The number of carboxylic acid groups (broad SMARTS) is 1. The summed E-state index contributed by atoms with van der Waals surface area (Å²) >= 11 is 1.37. The highest BCUT2D eigenvalue weighted by Crippen LogP contribution is 2.26. The van der Waals surface area contributed by atoms with Gasteiger partial charge in [0, 0.05) is 0 Å². The summed E-state index contributed by atoms with van der Waals surface area (Å²) in [5, 5.41) is 51.2. The van der Waals surface area contributed by atoms with Crippen LogP contribution >= 0.6 is 11.8 Å². The van der Waals surface area contributed by atoms with Gasteiger partial charge in [-0.15, -0.1) is 4.91 Å². The van der Waals surface area contributed by atoms with Crippen LogP contribution < -0.4 is 0 Å². The Morgan fingerprint density at radius 1 is 1.50 bits per heavy atom. The van der Waals surface area contributed by atoms with E-state index in [-0.39, 0.29) is 6.42 Å². The van der Waals surface area contributed by atoms with Crippen LogP contribution in [0.15, 0.2) is 5.29 Å². The maximum absolute atomic E-state index is 11.2. The highest BCUT2D eigenvalue weighted by atomic mass is 32.2. The molecular weight excluding hydrogens is 320 g/mol. The topological polar surface area (TPSA) is 160 Å². The lowest BCUT2D eigenvalue weighted by atomic mass is 9.96. The first kappa shape index (κ1) is 19.1. The minimum atomic E-state index is -2.42. The highest BCUT2D eigenvalue weighted by Gasteiger charge is 2.50. The van der Waals surface area contributed by atoms with Crippen molar-refractivity contribution in [3.63, 3.8) is 0 Å². The molecule has 0 bridgehead atoms. The van der Waals surface area contributed by atoms with Gasteiger partial charge in [0.1, 0.15) is 24.4 Å². The fraction of sp³-hybridized carbons (Fsp3) is 0.909. The first-order valence-electron chi connectivity index (χ1n) is 6.49. The van der Waals surface area contributed by atoms with Crippen molar-refractivity contribution in [1.82, 2.24) is 5.01 Å². The molecule has 10 nitrogen and oxygen atoms in total. The molecule has 22 heavy (non-hydrogen) atoms. The fourth-order valence-electron chi connectivity index (χ4n) is 2.09. The molecule has 1 saturated heterocycles. The maximum Gasteiger partial charge on any atom is 0.328 e. The van der Waals surface area contributed by atoms with Crippen molar-refractivity contribution in [2.45, 2.75) is 36.6 Å². The Morgan fingerprint density at radius 2 is 2.14 bits per heavy atom. The van der Waals surface area contributed by atoms with Crippen LogP contribution in [0, 0.1) is 4.91 Å². The highest BCUT2D eigenvalue weighted by molar-refractivity contribution is 7.98. The second-order valence-corrected chi connectivity index (χ2v) is 5.96. The van der Waals surface area contributed by atoms with Gasteiger partial charge in [-0.3, -0.25) is 0 Å². The van der Waals surface area contributed by atoms with Gasteiger partial charge in [0.25, 0.3) is 0 Å². The molecule has 128 valence electrons. The van der Waals surface area contributed by atoms with E-state index in [0.717, 1.165) is 0 Å². The third-order valence-corrected chi connectivity index (χ3v) is 4.06. The Bertz CT molecular complexity index is 400. The molecule has 1 heterocycles. The number of carbonyl (C=O) groups is 1. The van der Waals surface area contributed by atoms with E-state index < -0.39 is 49.3 Å². The first-order chi connectivity index (χ1) is 10.3. The van der Waals surface area contributed by atoms with E-state index in [1.54, 1.807) is 6.26 Å². The quantitative estimate of drug-likeness (QED) is 0.246. The fourth-order valence-corrected chi connectivity index (χ4v) is 2.55. The van der Waals surface area contributed by atoms with Crippen LogP contribution in [0.25, 0.3) is 0 Å². The third-order valence-electron chi connectivity index (χ3n) is 3.42. The smallest absolute Gasteiger partial charge is 0.328 e. The Labute approximate surface area is 130 Å². The van der Waals surface area contributed by atoms with Gasteiger partial charge in [0.15, 0.2) is 0 Å². The van der Waals surface area contributed by atoms with Crippen LogP contribution in [-0.2, 0) is 9.53 Å². The Kier molecular flexibility index (Phi) is 6.97. The number of thioether (sulfide) groups is 1. The maximum atomic E-state index is 11.2. The number of hydrogen-bond donors (Lipinski definition) is 5. The Morgan fingerprint density at radius 3 is 2.64 bits per heavy atom. The molecule has 1 aliphatic heterocycles. The zero-order valence-electron chi connectivity index (χ0n) is 11.9. The molecule has 0 amide bonds. The molecule has 0 aromatic rings. The predicted molar refractivity (Wildman–Crippen MR) is 75.8 cm³/mol. The molecular formula is C11H20N2O8S. The van der Waals surface area contributed by atoms with E-state index in [2.05, 4.69) is 5.29 Å². The number of aliphatic hydroxyl groups is 4. The number of carboxylic acids is 1. The summed E-state index contributed by atoms with van der Waals surface area (Å²) in [7, 11) is 0. The molecule has 5 N–H and O–H groups in total. The molecule has 0 radical (unpaired) electrons. The van der Waals surface area contributed by atoms with Crippen molar-refractivity contribution >= 4 is 17.7 Å². The average Bonchev–Trinajstić information content (AvgIpc) is 2.48. The summed E-state index contributed by atoms with van der Waals surface area (Å²) in [6, 6.07) is -1.31. The van der Waals surface area contributed by atoms with Crippen molar-refractivity contribution in [1.29, 1.82) is 0 Å². The lowest BCUT2D eigenvalue weighted by Gasteiger charge is -2.43. The first-order valence-corrected chi connectivity index (χ1v) is 7.88. The molecule has 0 unspecified atom stereocenters. The lowest BCUT2D eigenvalue weighted by molar-refractivity contribution is -0.326. The van der Waals surface area contributed by atoms with Crippen LogP contribution in [0.5, 0.6) is 0 Å². The minimum Gasteiger partial charge on any atom is -0.480 e. The predicted octanol–water partition coefficient (Wildman–Crippen LogP) is -2.02. The van der Waals surface area contributed by atoms with E-state index >= 15 is 0 Å². The Hall–Kier alpha value is -0.980. The summed E-state index contributed by atoms with van der Waals surface area (Å²) in [6.07, 6.45) is -3.17. The van der Waals surface area contributed by atoms with Crippen LogP contribution in [0.4, 0.5) is 0 Å². The Balaban J connectivity index is 2.86. The monoisotopic (exact) mass is 340 g/mol. The number of rotatable bonds is 8. The molecule has 0 aromatic carbocycles. The van der Waals surface area contributed by atoms with E-state index in [9.17, 15) is 30.1 Å². The van der Waals surface area contributed by atoms with Gasteiger partial charge < -0.3 is 30.3 Å². The molecule has 0 saturated carbocycles. The van der Waals surface area contributed by atoms with E-state index in [0.29, 0.717) is 10.8 Å². The SMILES string of the molecule is CSCC[C@H](C(=O)O)N(C[C@@]1(O)OC[C@@H](O)[C@@H](O)[C@H]1O)N=O. The summed E-state index contributed by atoms with van der Waals surface area (Å²) in [5.74, 6) is -3.30. The number of ether oxygens (including phenoxy) is 1. The molecule has 11 heteroatoms. The molecule has 5 atom stereocenters. The summed E-state index contributed by atoms with van der Waals surface area (Å²) in [5.41, 5.74) is 0. The van der Waals surface area contributed by atoms with Gasteiger partial charge in [-0.1, -0.05) is 0 Å². The van der Waals surface area contributed by atoms with Crippen LogP contribution in [0.1, 0.15) is 6.42 Å². The van der Waals surface area contributed by atoms with Crippen LogP contribution in [0.3, 0.4) is 0 Å². The number of aliphatic hydroxyl groups excluding tert-OH is 3. The molecule has 1 aliphatic rings. The molecule has 1 rings (SSSR count). The summed E-state index contributed by atoms with van der Waals surface area (Å²) in [4.78, 5) is 22.2. The zero-order chi connectivity index (χ0) is 16.9. The van der Waals surface area contributed by atoms with Crippen LogP contribution in [0.2, 0.25) is 0 Å². The molecule has 0 aromatic heterocycles. The van der Waals surface area contributed by atoms with Crippen molar-refractivity contribution in [2.75, 3.05) is 25.2 Å². The normalized spacial score (nSPS) is 33.2. The van der Waals surface area contributed by atoms with Gasteiger partial charge in [-0.25, -0.2) is 9.80 Å². The van der Waals surface area contributed by atoms with E-state index in [1.807, 2.05) is 0 Å². The largest absolute Gasteiger partial charge is 0.480 e. The number of nitrogens with zero attached hydrogens (tertiary/aromatic N) is 2. The summed E-state index contributed by atoms with van der Waals surface area (Å²) < 4.78 is 4.88. The number of nitroso groups, excluding NO2 is 1. The number of hydrogen-bond acceptors (Lipinski definition) is 9. The molecule has 0 aliphatic carbocycles. The summed E-state index contributed by atoms with van der Waals surface area (Å²) in [6.45, 7) is -1.24. The number of aliphatic carboxylic acids is 1. The van der Waals surface area contributed by atoms with Crippen LogP contribution in [-0.4, -0.2) is 91.8 Å². The minimum absolute atomic E-state index is 0.0829. The van der Waals surface area contributed by atoms with Crippen molar-refractivity contribution in [2.24, 2.45) is 5.29 Å². The van der Waals surface area contributed by atoms with Gasteiger partial charge in [0.2, 0.25) is 5.79 Å². The van der Waals surface area contributed by atoms with Crippen molar-refractivity contribution in [3.05, 3.63) is 4.91 Å². The van der Waals surface area contributed by atoms with Gasteiger partial charge >= 0.3 is 5.97 Å². The standard InChI is InChI=1S/C11H20N2O8S/c1-22-3-2-6(10(17)18)13(12-20)5-11(19)9(16)8(15)7(14)4-21-11/h6-9,14-16,19H,2-5H2,1H3,(H,17,18)/t6-,7-,8-,9-,11-/m1/s1. The van der Waals surface area contributed by atoms with E-state index in [4.69, 9.17) is 9.84 Å². The van der Waals surface area contributed by atoms with E-state index in [1.165, 1.54) is 11.8 Å².